The number of aromatic amines is 1. The zero-order valence-corrected chi connectivity index (χ0v) is 36.9. The number of nitro benzene ring substituents is 1. The molecule has 1 atom stereocenters. The lowest BCUT2D eigenvalue weighted by atomic mass is 9.72. The van der Waals surface area contributed by atoms with E-state index in [4.69, 9.17) is 21.1 Å². The maximum Gasteiger partial charge on any atom is 0.297 e. The summed E-state index contributed by atoms with van der Waals surface area (Å²) in [4.78, 5) is 41.6. The molecule has 0 saturated carbocycles. The number of halogens is 1. The molecule has 3 N–H and O–H groups in total. The first kappa shape index (κ1) is 42.8. The Hall–Kier alpha value is -6.49. The standard InChI is InChI=1S/C47H47ClN8O7S/c1-47(2)14-12-32(40(26-47)30-6-8-33(48)9-7-30)28-54-17-19-55(20-18-54)36-10-11-39(42(23-36)63-37-21-31-13-16-50-45(31)51-27-37)46(57)53-64(60,61)38-24-41(56(58)59)44-43(25-38)62-29-35(52-44)22-34-5-3-4-15-49-34/h3-11,13,15-16,21,23-25,27,35,52H,12,14,17-20,22,26,28-29H2,1-2H3,(H,50,51)(H,53,57)/t35-/m1/s1. The van der Waals surface area contributed by atoms with E-state index in [1.165, 1.54) is 35.0 Å². The Bertz CT molecular complexity index is 2880. The van der Waals surface area contributed by atoms with E-state index in [1.807, 2.05) is 30.3 Å². The van der Waals surface area contributed by atoms with Crippen LogP contribution in [0.2, 0.25) is 5.02 Å². The van der Waals surface area contributed by atoms with Gasteiger partial charge in [-0.25, -0.2) is 18.1 Å². The van der Waals surface area contributed by atoms with Gasteiger partial charge in [0.15, 0.2) is 11.4 Å². The largest absolute Gasteiger partial charge is 0.489 e. The molecule has 330 valence electrons. The molecule has 2 aliphatic heterocycles. The maximum atomic E-state index is 14.0. The Morgan fingerprint density at radius 3 is 2.61 bits per heavy atom. The highest BCUT2D eigenvalue weighted by molar-refractivity contribution is 7.90. The molecule has 0 radical (unpaired) electrons. The number of benzene rings is 3. The van der Waals surface area contributed by atoms with Crippen LogP contribution in [0.4, 0.5) is 17.1 Å². The number of nitro groups is 1. The molecule has 1 amide bonds. The van der Waals surface area contributed by atoms with Gasteiger partial charge in [-0.05, 0) is 84.3 Å². The molecule has 3 aliphatic rings. The van der Waals surface area contributed by atoms with E-state index in [-0.39, 0.29) is 40.8 Å². The first-order valence-corrected chi connectivity index (χ1v) is 23.0. The van der Waals surface area contributed by atoms with E-state index in [9.17, 15) is 23.3 Å². The molecule has 3 aromatic carbocycles. The summed E-state index contributed by atoms with van der Waals surface area (Å²) in [5, 5.41) is 16.9. The van der Waals surface area contributed by atoms with E-state index in [2.05, 4.69) is 60.8 Å². The number of rotatable bonds is 12. The van der Waals surface area contributed by atoms with Gasteiger partial charge in [-0.3, -0.25) is 24.8 Å². The summed E-state index contributed by atoms with van der Waals surface area (Å²) < 4.78 is 42.1. The highest BCUT2D eigenvalue weighted by atomic mass is 35.5. The molecular formula is C47H47ClN8O7S. The lowest BCUT2D eigenvalue weighted by molar-refractivity contribution is -0.384. The van der Waals surface area contributed by atoms with Gasteiger partial charge in [-0.2, -0.15) is 0 Å². The Balaban J connectivity index is 0.945. The van der Waals surface area contributed by atoms with Gasteiger partial charge in [0.2, 0.25) is 0 Å². The summed E-state index contributed by atoms with van der Waals surface area (Å²) in [6, 6.07) is 24.0. The van der Waals surface area contributed by atoms with Gasteiger partial charge in [0.1, 0.15) is 23.8 Å². The third-order valence-electron chi connectivity index (χ3n) is 12.1. The topological polar surface area (TPSA) is 185 Å². The van der Waals surface area contributed by atoms with Gasteiger partial charge in [0, 0.05) is 91.5 Å². The lowest BCUT2D eigenvalue weighted by Gasteiger charge is -2.39. The fourth-order valence-electron chi connectivity index (χ4n) is 8.67. The van der Waals surface area contributed by atoms with Gasteiger partial charge in [0.05, 0.1) is 27.6 Å². The third kappa shape index (κ3) is 9.39. The van der Waals surface area contributed by atoms with Gasteiger partial charge in [0.25, 0.3) is 21.6 Å². The maximum absolute atomic E-state index is 14.0. The van der Waals surface area contributed by atoms with Crippen LogP contribution in [0, 0.1) is 15.5 Å². The van der Waals surface area contributed by atoms with Crippen molar-refractivity contribution < 1.29 is 27.6 Å². The van der Waals surface area contributed by atoms with E-state index < -0.39 is 31.4 Å². The number of pyridine rings is 2. The molecule has 1 saturated heterocycles. The summed E-state index contributed by atoms with van der Waals surface area (Å²) in [6.07, 6.45) is 8.52. The molecule has 6 aromatic rings. The Morgan fingerprint density at radius 2 is 1.84 bits per heavy atom. The van der Waals surface area contributed by atoms with Gasteiger partial charge < -0.3 is 24.7 Å². The normalized spacial score (nSPS) is 17.6. The number of carbonyl (C=O) groups excluding carboxylic acids is 1. The minimum Gasteiger partial charge on any atom is -0.489 e. The fourth-order valence-corrected chi connectivity index (χ4v) is 9.79. The van der Waals surface area contributed by atoms with Crippen molar-refractivity contribution in [3.63, 3.8) is 0 Å². The molecule has 9 rings (SSSR count). The van der Waals surface area contributed by atoms with Crippen LogP contribution in [-0.4, -0.2) is 84.5 Å². The van der Waals surface area contributed by atoms with Crippen LogP contribution in [0.25, 0.3) is 16.6 Å². The molecular weight excluding hydrogens is 856 g/mol. The smallest absolute Gasteiger partial charge is 0.297 e. The van der Waals surface area contributed by atoms with E-state index >= 15 is 0 Å². The Labute approximate surface area is 375 Å². The second-order valence-corrected chi connectivity index (χ2v) is 19.4. The van der Waals surface area contributed by atoms with Gasteiger partial charge in [-0.1, -0.05) is 49.2 Å². The second-order valence-electron chi connectivity index (χ2n) is 17.2. The van der Waals surface area contributed by atoms with Crippen LogP contribution >= 0.6 is 11.6 Å². The minimum atomic E-state index is -4.67. The molecule has 64 heavy (non-hydrogen) atoms. The first-order valence-electron chi connectivity index (χ1n) is 21.1. The number of amides is 1. The van der Waals surface area contributed by atoms with Gasteiger partial charge >= 0.3 is 0 Å². The number of nitrogens with one attached hydrogen (secondary N) is 3. The number of sulfonamides is 1. The second kappa shape index (κ2) is 17.6. The molecule has 1 aliphatic carbocycles. The lowest BCUT2D eigenvalue weighted by Crippen LogP contribution is -2.47. The number of aromatic nitrogens is 3. The van der Waals surface area contributed by atoms with Crippen LogP contribution in [0.1, 0.15) is 54.7 Å². The summed E-state index contributed by atoms with van der Waals surface area (Å²) in [5.74, 6) is -0.573. The van der Waals surface area contributed by atoms with Crippen molar-refractivity contribution in [2.45, 2.75) is 50.5 Å². The summed E-state index contributed by atoms with van der Waals surface area (Å²) in [6.45, 7) is 8.68. The van der Waals surface area contributed by atoms with Crippen LogP contribution in [0.5, 0.6) is 17.2 Å². The summed E-state index contributed by atoms with van der Waals surface area (Å²) in [7, 11) is -4.67. The zero-order chi connectivity index (χ0) is 44.6. The number of hydrogen-bond donors (Lipinski definition) is 3. The molecule has 1 fully saturated rings. The first-order chi connectivity index (χ1) is 30.8. The number of hydrogen-bond acceptors (Lipinski definition) is 12. The van der Waals surface area contributed by atoms with Crippen LogP contribution in [0.3, 0.4) is 0 Å². The number of H-pyrrole nitrogens is 1. The van der Waals surface area contributed by atoms with Crippen molar-refractivity contribution >= 4 is 61.2 Å². The number of carbonyl (C=O) groups is 1. The molecule has 15 nitrogen and oxygen atoms in total. The predicted molar refractivity (Wildman–Crippen MR) is 246 cm³/mol. The number of nitrogens with zero attached hydrogens (tertiary/aromatic N) is 5. The summed E-state index contributed by atoms with van der Waals surface area (Å²) in [5.41, 5.74) is 5.97. The third-order valence-corrected chi connectivity index (χ3v) is 13.7. The fraction of sp³-hybridized carbons (Fsp3) is 0.298. The number of ether oxygens (including phenoxy) is 2. The highest BCUT2D eigenvalue weighted by Crippen LogP contribution is 2.44. The van der Waals surface area contributed by atoms with E-state index in [0.717, 1.165) is 66.8 Å². The number of fused-ring (bicyclic) bond motifs is 2. The molecule has 0 unspecified atom stereocenters. The van der Waals surface area contributed by atoms with Crippen molar-refractivity contribution in [3.8, 4) is 17.2 Å². The molecule has 3 aromatic heterocycles. The molecule has 0 bridgehead atoms. The Kier molecular flexibility index (Phi) is 11.8. The average Bonchev–Trinajstić information content (AvgIpc) is 3.75. The number of allylic oxidation sites excluding steroid dienone is 1. The average molecular weight is 903 g/mol. The highest BCUT2D eigenvalue weighted by Gasteiger charge is 2.33. The molecule has 17 heteroatoms. The van der Waals surface area contributed by atoms with Crippen molar-refractivity contribution in [2.75, 3.05) is 49.5 Å². The monoisotopic (exact) mass is 902 g/mol. The minimum absolute atomic E-state index is 0.0261. The Morgan fingerprint density at radius 1 is 1.03 bits per heavy atom. The number of anilines is 2. The summed E-state index contributed by atoms with van der Waals surface area (Å²) >= 11 is 6.25. The quantitative estimate of drug-likeness (QED) is 0.0786. The van der Waals surface area contributed by atoms with E-state index in [1.54, 1.807) is 36.7 Å². The van der Waals surface area contributed by atoms with Crippen molar-refractivity contribution in [1.29, 1.82) is 0 Å². The van der Waals surface area contributed by atoms with Crippen LogP contribution in [-0.2, 0) is 16.4 Å². The van der Waals surface area contributed by atoms with Gasteiger partial charge in [-0.15, -0.1) is 0 Å². The van der Waals surface area contributed by atoms with E-state index in [0.29, 0.717) is 30.9 Å². The van der Waals surface area contributed by atoms with Crippen molar-refractivity contribution in [2.24, 2.45) is 5.41 Å². The number of piperazine rings is 1. The molecule has 0 spiro atoms. The predicted octanol–water partition coefficient (Wildman–Crippen LogP) is 8.63. The van der Waals surface area contributed by atoms with Crippen LogP contribution < -0.4 is 24.4 Å². The molecule has 5 heterocycles. The van der Waals surface area contributed by atoms with Crippen molar-refractivity contribution in [3.05, 3.63) is 141 Å². The van der Waals surface area contributed by atoms with Crippen LogP contribution in [0.15, 0.2) is 114 Å². The van der Waals surface area contributed by atoms with Crippen molar-refractivity contribution in [1.82, 2.24) is 24.6 Å². The zero-order valence-electron chi connectivity index (χ0n) is 35.3. The SMILES string of the molecule is CC1(C)CCC(CN2CCN(c3ccc(C(=O)NS(=O)(=O)c4cc5c(c([N+](=O)[O-])c4)N[C@H](Cc4ccccn4)CO5)c(Oc4cnc5[nH]ccc5c4)c3)CC2)=C(c2ccc(Cl)cc2)C1.